The van der Waals surface area contributed by atoms with Crippen molar-refractivity contribution in [2.75, 3.05) is 13.7 Å². The third kappa shape index (κ3) is 3.68. The molecule has 2 aliphatic rings. The van der Waals surface area contributed by atoms with Crippen molar-refractivity contribution < 1.29 is 9.18 Å². The number of carbonyl (C=O) groups excluding carboxylic acids is 1. The highest BCUT2D eigenvalue weighted by molar-refractivity contribution is 5.85. The minimum absolute atomic E-state index is 0.0743. The SMILES string of the molecule is CNC(=O)CC[C@H](C)CC1=NC2C=CC(CF)=C[C@@H]2N1. The molecule has 20 heavy (non-hydrogen) atoms. The summed E-state index contributed by atoms with van der Waals surface area (Å²) in [6.45, 7) is 1.69. The lowest BCUT2D eigenvalue weighted by Gasteiger charge is -2.17. The first-order valence-electron chi connectivity index (χ1n) is 7.11. The average molecular weight is 279 g/mol. The Labute approximate surface area is 119 Å². The van der Waals surface area contributed by atoms with Crippen LogP contribution in [0.25, 0.3) is 0 Å². The molecule has 1 amide bonds. The summed E-state index contributed by atoms with van der Waals surface area (Å²) in [7, 11) is 1.65. The van der Waals surface area contributed by atoms with Crippen LogP contribution in [0.2, 0.25) is 0 Å². The van der Waals surface area contributed by atoms with Crippen molar-refractivity contribution in [2.45, 2.75) is 38.3 Å². The Bertz CT molecular complexity index is 456. The monoisotopic (exact) mass is 279 g/mol. The molecule has 0 saturated carbocycles. The highest BCUT2D eigenvalue weighted by Gasteiger charge is 2.27. The number of amides is 1. The lowest BCUT2D eigenvalue weighted by Crippen LogP contribution is -2.34. The predicted molar refractivity (Wildman–Crippen MR) is 78.4 cm³/mol. The summed E-state index contributed by atoms with van der Waals surface area (Å²) < 4.78 is 12.6. The highest BCUT2D eigenvalue weighted by Crippen LogP contribution is 2.21. The fraction of sp³-hybridized carbons (Fsp3) is 0.600. The molecule has 0 aromatic heterocycles. The Hall–Kier alpha value is -1.65. The van der Waals surface area contributed by atoms with Crippen LogP contribution in [0, 0.1) is 5.92 Å². The van der Waals surface area contributed by atoms with Gasteiger partial charge in [-0.2, -0.15) is 0 Å². The first-order chi connectivity index (χ1) is 9.62. The van der Waals surface area contributed by atoms with Gasteiger partial charge in [0.15, 0.2) is 0 Å². The molecular formula is C15H22FN3O. The Morgan fingerprint density at radius 3 is 3.10 bits per heavy atom. The fourth-order valence-electron chi connectivity index (χ4n) is 2.52. The number of amidine groups is 1. The van der Waals surface area contributed by atoms with Gasteiger partial charge in [0, 0.05) is 19.9 Å². The molecule has 3 atom stereocenters. The van der Waals surface area contributed by atoms with Crippen LogP contribution >= 0.6 is 0 Å². The summed E-state index contributed by atoms with van der Waals surface area (Å²) in [5, 5.41) is 5.97. The molecule has 1 heterocycles. The number of fused-ring (bicyclic) bond motifs is 1. The Kier molecular flexibility index (Phi) is 4.93. The number of carbonyl (C=O) groups is 1. The van der Waals surface area contributed by atoms with Gasteiger partial charge in [-0.25, -0.2) is 4.39 Å². The predicted octanol–water partition coefficient (Wildman–Crippen LogP) is 1.74. The molecule has 110 valence electrons. The molecule has 1 aliphatic carbocycles. The molecular weight excluding hydrogens is 257 g/mol. The number of aliphatic imine (C=N–C) groups is 1. The van der Waals surface area contributed by atoms with E-state index in [1.807, 2.05) is 18.2 Å². The van der Waals surface area contributed by atoms with Crippen LogP contribution in [-0.4, -0.2) is 37.5 Å². The van der Waals surface area contributed by atoms with Gasteiger partial charge in [-0.05, 0) is 17.9 Å². The number of nitrogens with zero attached hydrogens (tertiary/aromatic N) is 1. The molecule has 0 bridgehead atoms. The number of halogens is 1. The van der Waals surface area contributed by atoms with E-state index in [-0.39, 0.29) is 18.0 Å². The van der Waals surface area contributed by atoms with Gasteiger partial charge in [0.2, 0.25) is 5.91 Å². The molecule has 0 radical (unpaired) electrons. The van der Waals surface area contributed by atoms with Crippen LogP contribution in [0.5, 0.6) is 0 Å². The van der Waals surface area contributed by atoms with Gasteiger partial charge in [0.25, 0.3) is 0 Å². The van der Waals surface area contributed by atoms with E-state index in [2.05, 4.69) is 22.5 Å². The molecule has 0 aromatic rings. The van der Waals surface area contributed by atoms with E-state index < -0.39 is 6.67 Å². The minimum Gasteiger partial charge on any atom is -0.365 e. The number of hydrogen-bond donors (Lipinski definition) is 2. The molecule has 0 aromatic carbocycles. The molecule has 5 heteroatoms. The quantitative estimate of drug-likeness (QED) is 0.778. The lowest BCUT2D eigenvalue weighted by atomic mass is 9.99. The molecule has 0 spiro atoms. The van der Waals surface area contributed by atoms with Crippen molar-refractivity contribution in [3.63, 3.8) is 0 Å². The first-order valence-corrected chi connectivity index (χ1v) is 7.11. The third-order valence-electron chi connectivity index (χ3n) is 3.75. The van der Waals surface area contributed by atoms with Crippen molar-refractivity contribution in [3.05, 3.63) is 23.8 Å². The summed E-state index contributed by atoms with van der Waals surface area (Å²) in [5.74, 6) is 1.43. The van der Waals surface area contributed by atoms with Crippen LogP contribution < -0.4 is 10.6 Å². The zero-order chi connectivity index (χ0) is 14.5. The molecule has 0 saturated heterocycles. The topological polar surface area (TPSA) is 53.5 Å². The molecule has 1 aliphatic heterocycles. The standard InChI is InChI=1S/C15H22FN3O/c1-10(3-6-15(20)17-2)7-14-18-12-5-4-11(9-16)8-13(12)19-14/h4-5,8,10,12-13H,3,6-7,9H2,1-2H3,(H,17,20)(H,18,19)/t10-,12?,13-/m0/s1. The van der Waals surface area contributed by atoms with E-state index in [4.69, 9.17) is 0 Å². The van der Waals surface area contributed by atoms with Gasteiger partial charge in [0.1, 0.15) is 6.67 Å². The molecule has 1 unspecified atom stereocenters. The summed E-state index contributed by atoms with van der Waals surface area (Å²) in [6.07, 6.45) is 7.90. The second-order valence-corrected chi connectivity index (χ2v) is 5.49. The second kappa shape index (κ2) is 6.68. The Morgan fingerprint density at radius 1 is 1.60 bits per heavy atom. The number of nitrogens with one attached hydrogen (secondary N) is 2. The summed E-state index contributed by atoms with van der Waals surface area (Å²) in [6, 6.07) is 0.179. The Morgan fingerprint density at radius 2 is 2.40 bits per heavy atom. The largest absolute Gasteiger partial charge is 0.365 e. The smallest absolute Gasteiger partial charge is 0.219 e. The van der Waals surface area contributed by atoms with Crippen molar-refractivity contribution in [1.82, 2.24) is 10.6 Å². The van der Waals surface area contributed by atoms with Crippen LogP contribution in [0.3, 0.4) is 0 Å². The Balaban J connectivity index is 1.82. The van der Waals surface area contributed by atoms with E-state index in [0.717, 1.165) is 18.7 Å². The second-order valence-electron chi connectivity index (χ2n) is 5.49. The molecule has 2 rings (SSSR count). The number of alkyl halides is 1. The van der Waals surface area contributed by atoms with Gasteiger partial charge >= 0.3 is 0 Å². The number of hydrogen-bond acceptors (Lipinski definition) is 3. The summed E-state index contributed by atoms with van der Waals surface area (Å²) in [5.41, 5.74) is 0.711. The van der Waals surface area contributed by atoms with Gasteiger partial charge in [-0.3, -0.25) is 9.79 Å². The molecule has 4 nitrogen and oxygen atoms in total. The van der Waals surface area contributed by atoms with Gasteiger partial charge < -0.3 is 10.6 Å². The fourth-order valence-corrected chi connectivity index (χ4v) is 2.52. The maximum atomic E-state index is 12.6. The van der Waals surface area contributed by atoms with E-state index in [1.54, 1.807) is 7.05 Å². The summed E-state index contributed by atoms with van der Waals surface area (Å²) >= 11 is 0. The summed E-state index contributed by atoms with van der Waals surface area (Å²) in [4.78, 5) is 15.8. The van der Waals surface area contributed by atoms with Crippen LogP contribution in [0.1, 0.15) is 26.2 Å². The average Bonchev–Trinajstić information content (AvgIpc) is 2.85. The normalized spacial score (nSPS) is 25.4. The van der Waals surface area contributed by atoms with Crippen LogP contribution in [0.4, 0.5) is 4.39 Å². The van der Waals surface area contributed by atoms with Crippen molar-refractivity contribution in [2.24, 2.45) is 10.9 Å². The molecule has 0 fully saturated rings. The van der Waals surface area contributed by atoms with E-state index in [0.29, 0.717) is 17.9 Å². The van der Waals surface area contributed by atoms with Crippen molar-refractivity contribution in [3.8, 4) is 0 Å². The highest BCUT2D eigenvalue weighted by atomic mass is 19.1. The van der Waals surface area contributed by atoms with Gasteiger partial charge in [-0.15, -0.1) is 0 Å². The van der Waals surface area contributed by atoms with E-state index in [9.17, 15) is 9.18 Å². The van der Waals surface area contributed by atoms with Gasteiger partial charge in [0.05, 0.1) is 17.9 Å². The van der Waals surface area contributed by atoms with Gasteiger partial charge in [-0.1, -0.05) is 25.2 Å². The third-order valence-corrected chi connectivity index (χ3v) is 3.75. The van der Waals surface area contributed by atoms with Crippen molar-refractivity contribution >= 4 is 11.7 Å². The van der Waals surface area contributed by atoms with E-state index >= 15 is 0 Å². The lowest BCUT2D eigenvalue weighted by molar-refractivity contribution is -0.120. The maximum absolute atomic E-state index is 12.6. The van der Waals surface area contributed by atoms with Crippen molar-refractivity contribution in [1.29, 1.82) is 0 Å². The maximum Gasteiger partial charge on any atom is 0.219 e. The van der Waals surface area contributed by atoms with Crippen LogP contribution in [-0.2, 0) is 4.79 Å². The number of allylic oxidation sites excluding steroid dienone is 2. The first kappa shape index (κ1) is 14.8. The van der Waals surface area contributed by atoms with Crippen LogP contribution in [0.15, 0.2) is 28.8 Å². The zero-order valence-electron chi connectivity index (χ0n) is 12.0. The van der Waals surface area contributed by atoms with E-state index in [1.165, 1.54) is 0 Å². The molecule has 2 N–H and O–H groups in total. The zero-order valence-corrected chi connectivity index (χ0v) is 12.0. The number of rotatable bonds is 6. The minimum atomic E-state index is -0.431.